The first-order valence-corrected chi connectivity index (χ1v) is 8.82. The van der Waals surface area contributed by atoms with Crippen LogP contribution in [0.3, 0.4) is 0 Å². The molecule has 2 N–H and O–H groups in total. The summed E-state index contributed by atoms with van der Waals surface area (Å²) in [4.78, 5) is 16.3. The van der Waals surface area contributed by atoms with E-state index in [1.807, 2.05) is 73.7 Å². The lowest BCUT2D eigenvalue weighted by atomic mass is 9.85. The van der Waals surface area contributed by atoms with Gasteiger partial charge in [-0.25, -0.2) is 0 Å². The largest absolute Gasteiger partial charge is 0.489 e. The Morgan fingerprint density at radius 1 is 1.12 bits per heavy atom. The van der Waals surface area contributed by atoms with E-state index in [4.69, 9.17) is 10.5 Å². The van der Waals surface area contributed by atoms with E-state index in [1.54, 1.807) is 6.21 Å². The molecule has 0 saturated carbocycles. The highest BCUT2D eigenvalue weighted by Gasteiger charge is 2.29. The summed E-state index contributed by atoms with van der Waals surface area (Å²) in [5.41, 5.74) is 7.48. The molecule has 0 aliphatic carbocycles. The Hall–Kier alpha value is -2.88. The summed E-state index contributed by atoms with van der Waals surface area (Å²) in [5.74, 6) is 0.269. The fourth-order valence-corrected chi connectivity index (χ4v) is 3.15. The van der Waals surface area contributed by atoms with Crippen LogP contribution in [-0.2, 0) is 17.8 Å². The normalized spacial score (nSPS) is 19.4. The summed E-state index contributed by atoms with van der Waals surface area (Å²) in [6.07, 6.45) is 6.92. The first kappa shape index (κ1) is 17.9. The van der Waals surface area contributed by atoms with Crippen molar-refractivity contribution in [2.75, 3.05) is 0 Å². The average Bonchev–Trinajstić information content (AvgIpc) is 3.08. The van der Waals surface area contributed by atoms with Gasteiger partial charge >= 0.3 is 0 Å². The molecule has 3 rings (SSSR count). The van der Waals surface area contributed by atoms with Crippen molar-refractivity contribution in [3.05, 3.63) is 77.9 Å². The van der Waals surface area contributed by atoms with E-state index in [1.165, 1.54) is 0 Å². The number of rotatable bonds is 8. The molecule has 2 aromatic rings. The number of carbonyl (C=O) groups is 1. The molecular formula is C22H24N2O2. The van der Waals surface area contributed by atoms with Gasteiger partial charge in [-0.05, 0) is 49.1 Å². The molecule has 4 nitrogen and oxygen atoms in total. The molecule has 26 heavy (non-hydrogen) atoms. The zero-order chi connectivity index (χ0) is 18.4. The van der Waals surface area contributed by atoms with Crippen molar-refractivity contribution >= 4 is 12.1 Å². The summed E-state index contributed by atoms with van der Waals surface area (Å²) in [6, 6.07) is 17.9. The maximum absolute atomic E-state index is 11.9. The zero-order valence-corrected chi connectivity index (χ0v) is 15.0. The maximum Gasteiger partial charge on any atom is 0.220 e. The predicted molar refractivity (Wildman–Crippen MR) is 104 cm³/mol. The Bertz CT molecular complexity index is 783. The lowest BCUT2D eigenvalue weighted by Crippen LogP contribution is -2.32. The molecule has 1 amide bonds. The minimum absolute atomic E-state index is 0.254. The first-order valence-electron chi connectivity index (χ1n) is 8.82. The second-order valence-corrected chi connectivity index (χ2v) is 6.92. The summed E-state index contributed by atoms with van der Waals surface area (Å²) in [5, 5.41) is 0. The highest BCUT2D eigenvalue weighted by molar-refractivity contribution is 5.78. The lowest BCUT2D eigenvalue weighted by molar-refractivity contribution is -0.122. The Morgan fingerprint density at radius 3 is 2.46 bits per heavy atom. The number of ether oxygens (including phenoxy) is 1. The topological polar surface area (TPSA) is 64.7 Å². The standard InChI is InChI=1S/C22H24N2O2/c1-22(12-5-13-24-22)15-19(21(23)25)14-17-8-10-20(11-9-17)26-16-18-6-3-2-4-7-18/h2-13,19H,14-16H2,1H3,(H2,23,25). The number of nitrogens with zero attached hydrogens (tertiary/aromatic N) is 1. The number of hydrogen-bond donors (Lipinski definition) is 1. The molecule has 0 saturated heterocycles. The molecule has 0 aromatic heterocycles. The van der Waals surface area contributed by atoms with E-state index in [-0.39, 0.29) is 17.4 Å². The third-order valence-electron chi connectivity index (χ3n) is 4.63. The number of primary amides is 1. The van der Waals surface area contributed by atoms with Crippen LogP contribution in [0.25, 0.3) is 0 Å². The number of aliphatic imine (C=N–C) groups is 1. The van der Waals surface area contributed by atoms with Gasteiger partial charge in [0, 0.05) is 12.1 Å². The lowest BCUT2D eigenvalue weighted by Gasteiger charge is -2.23. The Labute approximate surface area is 154 Å². The minimum atomic E-state index is -0.335. The number of benzene rings is 2. The molecule has 134 valence electrons. The van der Waals surface area contributed by atoms with Crippen LogP contribution in [0, 0.1) is 5.92 Å². The molecule has 2 atom stereocenters. The molecule has 2 unspecified atom stereocenters. The van der Waals surface area contributed by atoms with Crippen LogP contribution in [0.2, 0.25) is 0 Å². The third-order valence-corrected chi connectivity index (χ3v) is 4.63. The number of carbonyl (C=O) groups excluding carboxylic acids is 1. The van der Waals surface area contributed by atoms with Crippen molar-refractivity contribution in [3.8, 4) is 5.75 Å². The average molecular weight is 348 g/mol. The Balaban J connectivity index is 1.59. The SMILES string of the molecule is CC1(CC(Cc2ccc(OCc3ccccc3)cc2)C(N)=O)C=CC=N1. The number of amides is 1. The molecular weight excluding hydrogens is 324 g/mol. The Morgan fingerprint density at radius 2 is 1.85 bits per heavy atom. The second kappa shape index (κ2) is 8.00. The molecule has 2 aromatic carbocycles. The van der Waals surface area contributed by atoms with Gasteiger partial charge in [0.2, 0.25) is 5.91 Å². The van der Waals surface area contributed by atoms with Crippen LogP contribution < -0.4 is 10.5 Å². The predicted octanol–water partition coefficient (Wildman–Crippen LogP) is 3.70. The smallest absolute Gasteiger partial charge is 0.220 e. The van der Waals surface area contributed by atoms with E-state index in [9.17, 15) is 4.79 Å². The van der Waals surface area contributed by atoms with Crippen LogP contribution in [0.15, 0.2) is 71.7 Å². The Kier molecular flexibility index (Phi) is 5.52. The van der Waals surface area contributed by atoms with Crippen molar-refractivity contribution in [3.63, 3.8) is 0 Å². The second-order valence-electron chi connectivity index (χ2n) is 6.92. The van der Waals surface area contributed by atoms with Gasteiger partial charge in [-0.2, -0.15) is 0 Å². The monoisotopic (exact) mass is 348 g/mol. The van der Waals surface area contributed by atoms with E-state index in [0.717, 1.165) is 16.9 Å². The van der Waals surface area contributed by atoms with E-state index < -0.39 is 0 Å². The molecule has 0 radical (unpaired) electrons. The van der Waals surface area contributed by atoms with Gasteiger partial charge in [0.25, 0.3) is 0 Å². The summed E-state index contributed by atoms with van der Waals surface area (Å²) in [7, 11) is 0. The quantitative estimate of drug-likeness (QED) is 0.790. The molecule has 1 heterocycles. The summed E-state index contributed by atoms with van der Waals surface area (Å²) in [6.45, 7) is 2.55. The summed E-state index contributed by atoms with van der Waals surface area (Å²) < 4.78 is 5.80. The fourth-order valence-electron chi connectivity index (χ4n) is 3.15. The van der Waals surface area contributed by atoms with Crippen molar-refractivity contribution in [2.24, 2.45) is 16.6 Å². The minimum Gasteiger partial charge on any atom is -0.489 e. The van der Waals surface area contributed by atoms with Crippen LogP contribution in [0.5, 0.6) is 5.75 Å². The fraction of sp³-hybridized carbons (Fsp3) is 0.273. The van der Waals surface area contributed by atoms with E-state index in [0.29, 0.717) is 19.4 Å². The molecule has 1 aliphatic heterocycles. The van der Waals surface area contributed by atoms with Gasteiger partial charge in [-0.15, -0.1) is 0 Å². The first-order chi connectivity index (χ1) is 12.5. The summed E-state index contributed by atoms with van der Waals surface area (Å²) >= 11 is 0. The van der Waals surface area contributed by atoms with Gasteiger partial charge in [-0.3, -0.25) is 9.79 Å². The molecule has 0 fully saturated rings. The van der Waals surface area contributed by atoms with Crippen LogP contribution in [-0.4, -0.2) is 17.7 Å². The van der Waals surface area contributed by atoms with Crippen molar-refractivity contribution in [1.82, 2.24) is 0 Å². The van der Waals surface area contributed by atoms with Crippen LogP contribution in [0.4, 0.5) is 0 Å². The number of nitrogens with two attached hydrogens (primary N) is 1. The van der Waals surface area contributed by atoms with E-state index in [2.05, 4.69) is 4.99 Å². The van der Waals surface area contributed by atoms with Gasteiger partial charge in [0.05, 0.1) is 5.54 Å². The molecule has 0 bridgehead atoms. The number of allylic oxidation sites excluding steroid dienone is 1. The van der Waals surface area contributed by atoms with Gasteiger partial charge in [-0.1, -0.05) is 48.5 Å². The van der Waals surface area contributed by atoms with Crippen LogP contribution in [0.1, 0.15) is 24.5 Å². The highest BCUT2D eigenvalue weighted by Crippen LogP contribution is 2.27. The van der Waals surface area contributed by atoms with Crippen molar-refractivity contribution in [2.45, 2.75) is 31.9 Å². The third kappa shape index (κ3) is 4.82. The van der Waals surface area contributed by atoms with Gasteiger partial charge in [0.15, 0.2) is 0 Å². The van der Waals surface area contributed by atoms with E-state index >= 15 is 0 Å². The molecule has 4 heteroatoms. The van der Waals surface area contributed by atoms with Gasteiger partial charge in [0.1, 0.15) is 12.4 Å². The van der Waals surface area contributed by atoms with Gasteiger partial charge < -0.3 is 10.5 Å². The zero-order valence-electron chi connectivity index (χ0n) is 15.0. The van der Waals surface area contributed by atoms with Crippen molar-refractivity contribution in [1.29, 1.82) is 0 Å². The molecule has 1 aliphatic rings. The highest BCUT2D eigenvalue weighted by atomic mass is 16.5. The number of hydrogen-bond acceptors (Lipinski definition) is 3. The molecule has 0 spiro atoms. The van der Waals surface area contributed by atoms with Crippen LogP contribution >= 0.6 is 0 Å². The maximum atomic E-state index is 11.9. The van der Waals surface area contributed by atoms with Crippen molar-refractivity contribution < 1.29 is 9.53 Å².